The second-order valence-electron chi connectivity index (χ2n) is 6.92. The summed E-state index contributed by atoms with van der Waals surface area (Å²) >= 11 is 0. The van der Waals surface area contributed by atoms with Crippen LogP contribution in [0.2, 0.25) is 0 Å². The molecule has 1 aliphatic rings. The van der Waals surface area contributed by atoms with Gasteiger partial charge in [0, 0.05) is 12.6 Å². The zero-order valence-electron chi connectivity index (χ0n) is 16.4. The Morgan fingerprint density at radius 3 is 2.30 bits per heavy atom. The molecule has 7 nitrogen and oxygen atoms in total. The number of nitrogens with zero attached hydrogens (tertiary/aromatic N) is 1. The van der Waals surface area contributed by atoms with Crippen molar-refractivity contribution in [1.29, 1.82) is 0 Å². The summed E-state index contributed by atoms with van der Waals surface area (Å²) in [4.78, 5) is 12.4. The van der Waals surface area contributed by atoms with Gasteiger partial charge in [-0.15, -0.1) is 0 Å². The van der Waals surface area contributed by atoms with Gasteiger partial charge in [-0.25, -0.2) is 8.42 Å². The fourth-order valence-corrected chi connectivity index (χ4v) is 4.56. The summed E-state index contributed by atoms with van der Waals surface area (Å²) < 4.78 is 36.3. The van der Waals surface area contributed by atoms with Crippen LogP contribution in [-0.2, 0) is 21.4 Å². The van der Waals surface area contributed by atoms with Crippen molar-refractivity contribution < 1.29 is 22.7 Å². The van der Waals surface area contributed by atoms with Gasteiger partial charge in [0.1, 0.15) is 0 Å². The third kappa shape index (κ3) is 6.39. The number of carbonyl (C=O) groups is 1. The molecule has 27 heavy (non-hydrogen) atoms. The summed E-state index contributed by atoms with van der Waals surface area (Å²) in [5, 5.41) is 2.80. The Hall–Kier alpha value is -1.80. The number of sulfonamides is 1. The van der Waals surface area contributed by atoms with Crippen LogP contribution in [0.4, 0.5) is 0 Å². The Morgan fingerprint density at radius 1 is 1.11 bits per heavy atom. The largest absolute Gasteiger partial charge is 0.493 e. The average Bonchev–Trinajstić information content (AvgIpc) is 2.92. The van der Waals surface area contributed by atoms with Crippen LogP contribution in [-0.4, -0.2) is 51.7 Å². The van der Waals surface area contributed by atoms with Crippen LogP contribution in [0.5, 0.6) is 11.5 Å². The normalized spacial score (nSPS) is 16.0. The van der Waals surface area contributed by atoms with Gasteiger partial charge in [0.25, 0.3) is 0 Å². The molecule has 1 aromatic rings. The molecule has 0 saturated heterocycles. The Kier molecular flexibility index (Phi) is 7.91. The Labute approximate surface area is 162 Å². The summed E-state index contributed by atoms with van der Waals surface area (Å²) in [6.45, 7) is 0.151. The van der Waals surface area contributed by atoms with Gasteiger partial charge in [-0.1, -0.05) is 31.7 Å². The molecule has 1 aliphatic carbocycles. The Bertz CT molecular complexity index is 728. The van der Waals surface area contributed by atoms with E-state index in [1.807, 2.05) is 6.07 Å². The molecular formula is C19H30N2O5S. The summed E-state index contributed by atoms with van der Waals surface area (Å²) in [7, 11) is -0.328. The van der Waals surface area contributed by atoms with Crippen molar-refractivity contribution in [2.45, 2.75) is 51.1 Å². The molecule has 0 aliphatic heterocycles. The zero-order chi connectivity index (χ0) is 19.9. The second-order valence-corrected chi connectivity index (χ2v) is 8.85. The quantitative estimate of drug-likeness (QED) is 0.679. The van der Waals surface area contributed by atoms with Crippen LogP contribution in [0.3, 0.4) is 0 Å². The first-order valence-electron chi connectivity index (χ1n) is 9.29. The maximum absolute atomic E-state index is 12.4. The van der Waals surface area contributed by atoms with Gasteiger partial charge in [-0.3, -0.25) is 4.79 Å². The van der Waals surface area contributed by atoms with E-state index >= 15 is 0 Å². The lowest BCUT2D eigenvalue weighted by Crippen LogP contribution is -2.45. The van der Waals surface area contributed by atoms with Crippen molar-refractivity contribution in [2.75, 3.05) is 27.0 Å². The number of ether oxygens (including phenoxy) is 2. The van der Waals surface area contributed by atoms with Gasteiger partial charge in [-0.05, 0) is 30.5 Å². The summed E-state index contributed by atoms with van der Waals surface area (Å²) in [6.07, 6.45) is 7.07. The molecule has 2 rings (SSSR count). The van der Waals surface area contributed by atoms with Crippen LogP contribution in [0.1, 0.15) is 44.1 Å². The maximum atomic E-state index is 12.4. The van der Waals surface area contributed by atoms with Gasteiger partial charge in [0.2, 0.25) is 15.9 Å². The van der Waals surface area contributed by atoms with E-state index in [-0.39, 0.29) is 18.5 Å². The molecule has 0 heterocycles. The second kappa shape index (κ2) is 9.94. The van der Waals surface area contributed by atoms with Crippen LogP contribution in [0.25, 0.3) is 0 Å². The predicted octanol–water partition coefficient (Wildman–Crippen LogP) is 2.30. The molecule has 1 amide bonds. The highest BCUT2D eigenvalue weighted by molar-refractivity contribution is 7.88. The molecule has 1 saturated carbocycles. The van der Waals surface area contributed by atoms with Crippen LogP contribution >= 0.6 is 0 Å². The molecule has 1 aromatic carbocycles. The number of benzene rings is 1. The molecule has 152 valence electrons. The summed E-state index contributed by atoms with van der Waals surface area (Å²) in [5.41, 5.74) is 0.848. The van der Waals surface area contributed by atoms with Crippen molar-refractivity contribution in [2.24, 2.45) is 0 Å². The van der Waals surface area contributed by atoms with Crippen molar-refractivity contribution in [3.63, 3.8) is 0 Å². The first-order chi connectivity index (χ1) is 12.8. The van der Waals surface area contributed by atoms with Crippen molar-refractivity contribution >= 4 is 15.9 Å². The molecule has 1 fully saturated rings. The minimum atomic E-state index is -3.44. The van der Waals surface area contributed by atoms with Crippen molar-refractivity contribution in [3.8, 4) is 11.5 Å². The fourth-order valence-electron chi connectivity index (χ4n) is 3.45. The molecule has 0 atom stereocenters. The maximum Gasteiger partial charge on any atom is 0.235 e. The molecule has 1 N–H and O–H groups in total. The van der Waals surface area contributed by atoms with E-state index in [9.17, 15) is 13.2 Å². The minimum Gasteiger partial charge on any atom is -0.493 e. The minimum absolute atomic E-state index is 0.0886. The van der Waals surface area contributed by atoms with Gasteiger partial charge in [0.15, 0.2) is 11.5 Å². The van der Waals surface area contributed by atoms with Gasteiger partial charge < -0.3 is 14.8 Å². The molecule has 8 heteroatoms. The molecular weight excluding hydrogens is 368 g/mol. The van der Waals surface area contributed by atoms with Crippen molar-refractivity contribution in [1.82, 2.24) is 9.62 Å². The standard InChI is InChI=1S/C19H30N2O5S/c1-25-17-11-10-15(12-18(17)26-2)13-20-19(22)14-21(27(3,23)24)16-8-6-4-5-7-9-16/h10-12,16H,4-9,13-14H2,1-3H3,(H,20,22). The van der Waals surface area contributed by atoms with Crippen LogP contribution < -0.4 is 14.8 Å². The van der Waals surface area contributed by atoms with Crippen molar-refractivity contribution in [3.05, 3.63) is 23.8 Å². The molecule has 0 bridgehead atoms. The number of rotatable bonds is 8. The summed E-state index contributed by atoms with van der Waals surface area (Å²) in [5.74, 6) is 0.893. The predicted molar refractivity (Wildman–Crippen MR) is 104 cm³/mol. The van der Waals surface area contributed by atoms with E-state index in [0.29, 0.717) is 18.0 Å². The van der Waals surface area contributed by atoms with E-state index in [1.165, 1.54) is 10.6 Å². The molecule has 0 unspecified atom stereocenters. The van der Waals surface area contributed by atoms with Crippen LogP contribution in [0, 0.1) is 0 Å². The lowest BCUT2D eigenvalue weighted by Gasteiger charge is -2.28. The third-order valence-corrected chi connectivity index (χ3v) is 6.17. The smallest absolute Gasteiger partial charge is 0.235 e. The lowest BCUT2D eigenvalue weighted by molar-refractivity contribution is -0.121. The zero-order valence-corrected chi connectivity index (χ0v) is 17.2. The van der Waals surface area contributed by atoms with E-state index in [0.717, 1.165) is 44.1 Å². The SMILES string of the molecule is COc1ccc(CNC(=O)CN(C2CCCCCC2)S(C)(=O)=O)cc1OC. The number of methoxy groups -OCH3 is 2. The molecule has 0 aromatic heterocycles. The fraction of sp³-hybridized carbons (Fsp3) is 0.632. The number of carbonyl (C=O) groups excluding carboxylic acids is 1. The number of nitrogens with one attached hydrogen (secondary N) is 1. The Morgan fingerprint density at radius 2 is 1.74 bits per heavy atom. The lowest BCUT2D eigenvalue weighted by atomic mass is 10.1. The number of hydrogen-bond acceptors (Lipinski definition) is 5. The number of hydrogen-bond donors (Lipinski definition) is 1. The number of amides is 1. The van der Waals surface area contributed by atoms with Gasteiger partial charge in [-0.2, -0.15) is 4.31 Å². The van der Waals surface area contributed by atoms with E-state index in [4.69, 9.17) is 9.47 Å². The third-order valence-electron chi connectivity index (χ3n) is 4.90. The average molecular weight is 399 g/mol. The highest BCUT2D eigenvalue weighted by Crippen LogP contribution is 2.27. The van der Waals surface area contributed by atoms with E-state index in [2.05, 4.69) is 5.32 Å². The molecule has 0 radical (unpaired) electrons. The van der Waals surface area contributed by atoms with Gasteiger partial charge in [0.05, 0.1) is 27.0 Å². The molecule has 0 spiro atoms. The van der Waals surface area contributed by atoms with E-state index < -0.39 is 10.0 Å². The van der Waals surface area contributed by atoms with Crippen LogP contribution in [0.15, 0.2) is 18.2 Å². The Balaban J connectivity index is 1.99. The highest BCUT2D eigenvalue weighted by Gasteiger charge is 2.29. The van der Waals surface area contributed by atoms with Gasteiger partial charge >= 0.3 is 0 Å². The topological polar surface area (TPSA) is 84.9 Å². The highest BCUT2D eigenvalue weighted by atomic mass is 32.2. The first-order valence-corrected chi connectivity index (χ1v) is 11.1. The van der Waals surface area contributed by atoms with E-state index in [1.54, 1.807) is 26.4 Å². The monoisotopic (exact) mass is 398 g/mol. The first kappa shape index (κ1) is 21.5. The summed E-state index contributed by atoms with van der Waals surface area (Å²) in [6, 6.07) is 5.31.